The van der Waals surface area contributed by atoms with Gasteiger partial charge >= 0.3 is 12.1 Å². The third-order valence-corrected chi connectivity index (χ3v) is 7.24. The summed E-state index contributed by atoms with van der Waals surface area (Å²) in [5.41, 5.74) is 0.122. The van der Waals surface area contributed by atoms with Crippen LogP contribution >= 0.6 is 0 Å². The zero-order chi connectivity index (χ0) is 26.3. The summed E-state index contributed by atoms with van der Waals surface area (Å²) in [7, 11) is 1.51. The number of benzene rings is 2. The number of carbonyl (C=O) groups is 1. The van der Waals surface area contributed by atoms with Gasteiger partial charge in [0, 0.05) is 38.2 Å². The molecule has 0 unspecified atom stereocenters. The first kappa shape index (κ1) is 27.1. The van der Waals surface area contributed by atoms with Crippen LogP contribution in [0.25, 0.3) is 0 Å². The van der Waals surface area contributed by atoms with Crippen molar-refractivity contribution < 1.29 is 32.2 Å². The second kappa shape index (κ2) is 12.1. The second-order valence-corrected chi connectivity index (χ2v) is 9.70. The number of carbonyl (C=O) groups excluding carboxylic acids is 1. The van der Waals surface area contributed by atoms with Crippen LogP contribution in [0.2, 0.25) is 0 Å². The number of alkyl halides is 3. The molecule has 0 radical (unpaired) electrons. The Hall–Kier alpha value is -2.94. The van der Waals surface area contributed by atoms with Crippen LogP contribution in [0, 0.1) is 0 Å². The summed E-state index contributed by atoms with van der Waals surface area (Å²) in [5.74, 6) is -0.795. The predicted octanol–water partition coefficient (Wildman–Crippen LogP) is 5.55. The molecule has 0 aliphatic carbocycles. The molecule has 2 saturated heterocycles. The monoisotopic (exact) mass is 520 g/mol. The van der Waals surface area contributed by atoms with Gasteiger partial charge < -0.3 is 24.0 Å². The molecule has 9 heteroatoms. The Labute approximate surface area is 216 Å². The lowest BCUT2D eigenvalue weighted by Gasteiger charge is -2.42. The summed E-state index contributed by atoms with van der Waals surface area (Å²) in [6.45, 7) is 4.95. The first-order chi connectivity index (χ1) is 17.8. The maximum absolute atomic E-state index is 13.1. The fourth-order valence-electron chi connectivity index (χ4n) is 5.12. The van der Waals surface area contributed by atoms with Gasteiger partial charge in [0.25, 0.3) is 0 Å². The maximum Gasteiger partial charge on any atom is 0.490 e. The van der Waals surface area contributed by atoms with E-state index in [1.54, 1.807) is 24.3 Å². The smallest absolute Gasteiger partial charge is 0.490 e. The SMILES string of the molecule is COc1ccc(C2(OC(=O)C(F)(F)F)CCN(c3ccc(OCCCN4CCCCC4)cc3)CC2)cc1. The number of esters is 1. The van der Waals surface area contributed by atoms with Crippen LogP contribution in [0.15, 0.2) is 48.5 Å². The molecule has 0 aromatic heterocycles. The van der Waals surface area contributed by atoms with Crippen LogP contribution in [0.5, 0.6) is 11.5 Å². The van der Waals surface area contributed by atoms with Crippen molar-refractivity contribution in [1.29, 1.82) is 0 Å². The van der Waals surface area contributed by atoms with Crippen LogP contribution in [0.3, 0.4) is 0 Å². The summed E-state index contributed by atoms with van der Waals surface area (Å²) < 4.78 is 55.4. The van der Waals surface area contributed by atoms with E-state index in [2.05, 4.69) is 9.80 Å². The zero-order valence-electron chi connectivity index (χ0n) is 21.3. The molecule has 2 aliphatic heterocycles. The number of likely N-dealkylation sites (tertiary alicyclic amines) is 1. The Kier molecular flexibility index (Phi) is 8.84. The molecule has 0 amide bonds. The number of rotatable bonds is 9. The van der Waals surface area contributed by atoms with Crippen LogP contribution in [-0.2, 0) is 15.1 Å². The van der Waals surface area contributed by atoms with Crippen molar-refractivity contribution >= 4 is 11.7 Å². The largest absolute Gasteiger partial charge is 0.497 e. The molecule has 0 N–H and O–H groups in total. The molecule has 2 aromatic rings. The van der Waals surface area contributed by atoms with Crippen molar-refractivity contribution in [3.05, 3.63) is 54.1 Å². The fraction of sp³-hybridized carbons (Fsp3) is 0.536. The number of anilines is 1. The van der Waals surface area contributed by atoms with E-state index in [1.165, 1.54) is 39.5 Å². The highest BCUT2D eigenvalue weighted by atomic mass is 19.4. The normalized spacial score (nSPS) is 18.3. The highest BCUT2D eigenvalue weighted by Crippen LogP contribution is 2.40. The van der Waals surface area contributed by atoms with Crippen molar-refractivity contribution in [2.24, 2.45) is 0 Å². The molecule has 4 rings (SSSR count). The summed E-state index contributed by atoms with van der Waals surface area (Å²) in [4.78, 5) is 16.4. The minimum absolute atomic E-state index is 0.232. The highest BCUT2D eigenvalue weighted by molar-refractivity contribution is 5.76. The topological polar surface area (TPSA) is 51.2 Å². The fourth-order valence-corrected chi connectivity index (χ4v) is 5.12. The molecule has 0 atom stereocenters. The van der Waals surface area contributed by atoms with E-state index in [4.69, 9.17) is 14.2 Å². The summed E-state index contributed by atoms with van der Waals surface area (Å²) in [5, 5.41) is 0. The number of hydrogen-bond acceptors (Lipinski definition) is 6. The molecule has 0 spiro atoms. The third kappa shape index (κ3) is 7.09. The van der Waals surface area contributed by atoms with Crippen molar-refractivity contribution in [2.45, 2.75) is 50.3 Å². The van der Waals surface area contributed by atoms with E-state index < -0.39 is 17.7 Å². The Morgan fingerprint density at radius 3 is 2.11 bits per heavy atom. The highest BCUT2D eigenvalue weighted by Gasteiger charge is 2.48. The molecule has 202 valence electrons. The third-order valence-electron chi connectivity index (χ3n) is 7.24. The Morgan fingerprint density at radius 1 is 0.892 bits per heavy atom. The van der Waals surface area contributed by atoms with E-state index in [-0.39, 0.29) is 12.8 Å². The van der Waals surface area contributed by atoms with E-state index >= 15 is 0 Å². The van der Waals surface area contributed by atoms with Crippen LogP contribution in [-0.4, -0.2) is 63.5 Å². The standard InChI is InChI=1S/C28H35F3N2O4/c1-35-24-10-6-22(7-11-24)27(37-26(34)28(29,30)31)14-19-33(20-15-27)23-8-12-25(13-9-23)36-21-5-18-32-16-3-2-4-17-32/h6-13H,2-5,14-21H2,1H3. The van der Waals surface area contributed by atoms with Gasteiger partial charge in [0.05, 0.1) is 13.7 Å². The van der Waals surface area contributed by atoms with Crippen molar-refractivity contribution in [3.8, 4) is 11.5 Å². The molecule has 2 aromatic carbocycles. The van der Waals surface area contributed by atoms with Crippen LogP contribution in [0.4, 0.5) is 18.9 Å². The number of ether oxygens (including phenoxy) is 3. The van der Waals surface area contributed by atoms with Crippen molar-refractivity contribution in [1.82, 2.24) is 4.90 Å². The number of nitrogens with zero attached hydrogens (tertiary/aromatic N) is 2. The van der Waals surface area contributed by atoms with Gasteiger partial charge in [0.15, 0.2) is 0 Å². The van der Waals surface area contributed by atoms with Crippen LogP contribution < -0.4 is 14.4 Å². The number of hydrogen-bond donors (Lipinski definition) is 0. The molecule has 2 heterocycles. The molecule has 37 heavy (non-hydrogen) atoms. The molecule has 6 nitrogen and oxygen atoms in total. The molecular formula is C28H35F3N2O4. The molecule has 2 aliphatic rings. The van der Waals surface area contributed by atoms with Crippen molar-refractivity contribution in [2.75, 3.05) is 51.3 Å². The van der Waals surface area contributed by atoms with Gasteiger partial charge in [-0.3, -0.25) is 0 Å². The van der Waals surface area contributed by atoms with Crippen LogP contribution in [0.1, 0.15) is 44.1 Å². The molecule has 2 fully saturated rings. The van der Waals surface area contributed by atoms with Gasteiger partial charge in [-0.2, -0.15) is 13.2 Å². The average molecular weight is 521 g/mol. The maximum atomic E-state index is 13.1. The van der Waals surface area contributed by atoms with E-state index in [9.17, 15) is 18.0 Å². The lowest BCUT2D eigenvalue weighted by Crippen LogP contribution is -2.47. The number of methoxy groups -OCH3 is 1. The summed E-state index contributed by atoms with van der Waals surface area (Å²) in [6, 6.07) is 14.4. The first-order valence-corrected chi connectivity index (χ1v) is 12.9. The minimum atomic E-state index is -5.06. The summed E-state index contributed by atoms with van der Waals surface area (Å²) in [6.07, 6.45) is 0.289. The molecular weight excluding hydrogens is 485 g/mol. The number of halogens is 3. The van der Waals surface area contributed by atoms with Gasteiger partial charge in [0.1, 0.15) is 17.1 Å². The van der Waals surface area contributed by atoms with E-state index in [0.717, 1.165) is 24.4 Å². The lowest BCUT2D eigenvalue weighted by atomic mass is 9.83. The van der Waals surface area contributed by atoms with Gasteiger partial charge in [-0.05, 0) is 74.3 Å². The van der Waals surface area contributed by atoms with E-state index in [1.807, 2.05) is 24.3 Å². The average Bonchev–Trinajstić information content (AvgIpc) is 2.92. The van der Waals surface area contributed by atoms with Gasteiger partial charge in [-0.15, -0.1) is 0 Å². The van der Waals surface area contributed by atoms with E-state index in [0.29, 0.717) is 31.0 Å². The van der Waals surface area contributed by atoms with Gasteiger partial charge in [0.2, 0.25) is 0 Å². The molecule has 0 bridgehead atoms. The van der Waals surface area contributed by atoms with Crippen molar-refractivity contribution in [3.63, 3.8) is 0 Å². The summed E-state index contributed by atoms with van der Waals surface area (Å²) >= 11 is 0. The number of piperidine rings is 2. The second-order valence-electron chi connectivity index (χ2n) is 9.70. The van der Waals surface area contributed by atoms with Gasteiger partial charge in [-0.1, -0.05) is 18.6 Å². The van der Waals surface area contributed by atoms with Gasteiger partial charge in [-0.25, -0.2) is 4.79 Å². The Balaban J connectivity index is 1.34. The lowest BCUT2D eigenvalue weighted by molar-refractivity contribution is -0.217. The zero-order valence-corrected chi connectivity index (χ0v) is 21.3. The predicted molar refractivity (Wildman–Crippen MR) is 135 cm³/mol. The quantitative estimate of drug-likeness (QED) is 0.319. The Morgan fingerprint density at radius 2 is 1.51 bits per heavy atom. The first-order valence-electron chi connectivity index (χ1n) is 12.9. The minimum Gasteiger partial charge on any atom is -0.497 e. The Bertz CT molecular complexity index is 998. The molecule has 0 saturated carbocycles.